The second-order valence-corrected chi connectivity index (χ2v) is 6.27. The topological polar surface area (TPSA) is 32.3 Å². The van der Waals surface area contributed by atoms with Gasteiger partial charge in [-0.05, 0) is 50.2 Å². The molecule has 0 aromatic heterocycles. The average molecular weight is 349 g/mol. The van der Waals surface area contributed by atoms with Crippen LogP contribution in [0.4, 0.5) is 13.2 Å². The number of carbonyl (C=O) groups is 1. The molecule has 2 rings (SSSR count). The molecule has 1 heterocycles. The van der Waals surface area contributed by atoms with Crippen molar-refractivity contribution in [3.63, 3.8) is 0 Å². The predicted octanol–water partition coefficient (Wildman–Crippen LogP) is 3.85. The zero-order valence-corrected chi connectivity index (χ0v) is 13.7. The van der Waals surface area contributed by atoms with Crippen LogP contribution in [-0.4, -0.2) is 30.4 Å². The van der Waals surface area contributed by atoms with Gasteiger partial charge in [0, 0.05) is 11.6 Å². The molecule has 128 valence electrons. The average Bonchev–Trinajstić information content (AvgIpc) is 2.69. The number of halogens is 4. The number of likely N-dealkylation sites (N-methyl/N-ethyl adjacent to an activating group) is 1. The van der Waals surface area contributed by atoms with Crippen molar-refractivity contribution in [2.24, 2.45) is 0 Å². The molecule has 1 unspecified atom stereocenters. The summed E-state index contributed by atoms with van der Waals surface area (Å²) in [6.07, 6.45) is -0.538. The van der Waals surface area contributed by atoms with Crippen LogP contribution >= 0.6 is 11.6 Å². The summed E-state index contributed by atoms with van der Waals surface area (Å²) in [5.41, 5.74) is -0.496. The summed E-state index contributed by atoms with van der Waals surface area (Å²) in [5.74, 6) is -0.164. The van der Waals surface area contributed by atoms with Crippen molar-refractivity contribution in [2.75, 3.05) is 13.6 Å². The van der Waals surface area contributed by atoms with E-state index in [-0.39, 0.29) is 29.1 Å². The Balaban J connectivity index is 2.03. The van der Waals surface area contributed by atoms with E-state index in [0.717, 1.165) is 44.4 Å². The van der Waals surface area contributed by atoms with E-state index in [0.29, 0.717) is 0 Å². The lowest BCUT2D eigenvalue weighted by atomic mass is 10.1. The van der Waals surface area contributed by atoms with Crippen molar-refractivity contribution in [3.8, 4) is 0 Å². The molecule has 1 aromatic rings. The quantitative estimate of drug-likeness (QED) is 0.900. The maximum Gasteiger partial charge on any atom is 0.416 e. The van der Waals surface area contributed by atoms with Gasteiger partial charge in [0.1, 0.15) is 0 Å². The van der Waals surface area contributed by atoms with Gasteiger partial charge < -0.3 is 5.32 Å². The van der Waals surface area contributed by atoms with E-state index in [1.54, 1.807) is 0 Å². The second-order valence-electron chi connectivity index (χ2n) is 5.87. The van der Waals surface area contributed by atoms with Crippen LogP contribution in [0.25, 0.3) is 0 Å². The van der Waals surface area contributed by atoms with E-state index < -0.39 is 11.7 Å². The molecule has 1 amide bonds. The lowest BCUT2D eigenvalue weighted by Gasteiger charge is -2.24. The summed E-state index contributed by atoms with van der Waals surface area (Å²) < 4.78 is 38.2. The molecule has 3 nitrogen and oxygen atoms in total. The van der Waals surface area contributed by atoms with E-state index >= 15 is 0 Å². The molecule has 0 spiro atoms. The number of likely N-dealkylation sites (tertiary alicyclic amines) is 1. The van der Waals surface area contributed by atoms with Gasteiger partial charge in [-0.2, -0.15) is 13.2 Å². The number of nitrogens with zero attached hydrogens (tertiary/aromatic N) is 1. The monoisotopic (exact) mass is 348 g/mol. The van der Waals surface area contributed by atoms with Gasteiger partial charge in [0.05, 0.1) is 11.6 Å². The van der Waals surface area contributed by atoms with Crippen molar-refractivity contribution in [1.82, 2.24) is 10.2 Å². The summed E-state index contributed by atoms with van der Waals surface area (Å²) in [7, 11) is 1.90. The van der Waals surface area contributed by atoms with Crippen molar-refractivity contribution < 1.29 is 18.0 Å². The number of alkyl halides is 3. The minimum Gasteiger partial charge on any atom is -0.351 e. The lowest BCUT2D eigenvalue weighted by molar-refractivity contribution is -0.137. The van der Waals surface area contributed by atoms with Gasteiger partial charge in [-0.15, -0.1) is 0 Å². The molecule has 0 aliphatic carbocycles. The number of hydrogen-bond donors (Lipinski definition) is 1. The zero-order chi connectivity index (χ0) is 17.0. The normalized spacial score (nSPS) is 20.1. The van der Waals surface area contributed by atoms with Crippen LogP contribution in [-0.2, 0) is 17.5 Å². The van der Waals surface area contributed by atoms with E-state index in [4.69, 9.17) is 11.6 Å². The number of nitrogens with one attached hydrogen (secondary N) is 1. The Kier molecular flexibility index (Phi) is 5.92. The van der Waals surface area contributed by atoms with E-state index in [1.165, 1.54) is 6.07 Å². The smallest absolute Gasteiger partial charge is 0.351 e. The van der Waals surface area contributed by atoms with Gasteiger partial charge in [0.25, 0.3) is 0 Å². The summed E-state index contributed by atoms with van der Waals surface area (Å²) >= 11 is 5.94. The first-order valence-electron chi connectivity index (χ1n) is 7.62. The van der Waals surface area contributed by atoms with Gasteiger partial charge in [0.2, 0.25) is 5.91 Å². The minimum atomic E-state index is -4.43. The molecule has 0 bridgehead atoms. The maximum atomic E-state index is 12.7. The molecule has 1 atom stereocenters. The number of amides is 1. The molecule has 0 saturated carbocycles. The number of hydrogen-bond acceptors (Lipinski definition) is 2. The molecule has 1 aliphatic rings. The van der Waals surface area contributed by atoms with Gasteiger partial charge in [-0.3, -0.25) is 9.69 Å². The van der Waals surface area contributed by atoms with Crippen LogP contribution in [0.5, 0.6) is 0 Å². The van der Waals surface area contributed by atoms with Crippen LogP contribution < -0.4 is 5.32 Å². The van der Waals surface area contributed by atoms with Gasteiger partial charge >= 0.3 is 6.18 Å². The van der Waals surface area contributed by atoms with Crippen LogP contribution in [0.2, 0.25) is 5.02 Å². The van der Waals surface area contributed by atoms with Gasteiger partial charge in [0.15, 0.2) is 0 Å². The minimum absolute atomic E-state index is 0.00801. The van der Waals surface area contributed by atoms with Crippen molar-refractivity contribution in [3.05, 3.63) is 34.3 Å². The Morgan fingerprint density at radius 3 is 2.78 bits per heavy atom. The first-order valence-corrected chi connectivity index (χ1v) is 8.00. The third-order valence-electron chi connectivity index (χ3n) is 4.15. The number of rotatable bonds is 3. The SMILES string of the molecule is CN1CCCCCC1C(=O)NCc1cc(C(F)(F)F)ccc1Cl. The fourth-order valence-corrected chi connectivity index (χ4v) is 2.95. The third kappa shape index (κ3) is 4.85. The Morgan fingerprint density at radius 1 is 1.35 bits per heavy atom. The third-order valence-corrected chi connectivity index (χ3v) is 4.52. The highest BCUT2D eigenvalue weighted by atomic mass is 35.5. The molecule has 23 heavy (non-hydrogen) atoms. The highest BCUT2D eigenvalue weighted by Gasteiger charge is 2.31. The van der Waals surface area contributed by atoms with Crippen LogP contribution in [0.15, 0.2) is 18.2 Å². The summed E-state index contributed by atoms with van der Waals surface area (Å²) in [6.45, 7) is 0.842. The van der Waals surface area contributed by atoms with E-state index in [2.05, 4.69) is 5.32 Å². The highest BCUT2D eigenvalue weighted by Crippen LogP contribution is 2.31. The largest absolute Gasteiger partial charge is 0.416 e. The standard InChI is InChI=1S/C16H20ClF3N2O/c1-22-8-4-2-3-5-14(22)15(23)21-10-11-9-12(16(18,19)20)6-7-13(11)17/h6-7,9,14H,2-5,8,10H2,1H3,(H,21,23). The molecule has 1 saturated heterocycles. The first kappa shape index (κ1) is 18.1. The summed E-state index contributed by atoms with van der Waals surface area (Å²) in [6, 6.07) is 2.90. The maximum absolute atomic E-state index is 12.7. The molecule has 0 radical (unpaired) electrons. The second kappa shape index (κ2) is 7.53. The van der Waals surface area contributed by atoms with Gasteiger partial charge in [-0.1, -0.05) is 24.4 Å². The van der Waals surface area contributed by atoms with Crippen molar-refractivity contribution in [1.29, 1.82) is 0 Å². The Labute approximate surface area is 138 Å². The Bertz CT molecular complexity index is 563. The number of benzene rings is 1. The van der Waals surface area contributed by atoms with E-state index in [1.807, 2.05) is 11.9 Å². The van der Waals surface area contributed by atoms with Crippen LogP contribution in [0, 0.1) is 0 Å². The predicted molar refractivity (Wildman–Crippen MR) is 83.2 cm³/mol. The van der Waals surface area contributed by atoms with Crippen LogP contribution in [0.3, 0.4) is 0 Å². The molecule has 1 N–H and O–H groups in total. The highest BCUT2D eigenvalue weighted by molar-refractivity contribution is 6.31. The molecule has 1 aliphatic heterocycles. The van der Waals surface area contributed by atoms with Crippen molar-refractivity contribution >= 4 is 17.5 Å². The summed E-state index contributed by atoms with van der Waals surface area (Å²) in [4.78, 5) is 14.3. The summed E-state index contributed by atoms with van der Waals surface area (Å²) in [5, 5.41) is 2.93. The number of carbonyl (C=O) groups excluding carboxylic acids is 1. The fraction of sp³-hybridized carbons (Fsp3) is 0.562. The van der Waals surface area contributed by atoms with Crippen LogP contribution in [0.1, 0.15) is 36.8 Å². The van der Waals surface area contributed by atoms with Gasteiger partial charge in [-0.25, -0.2) is 0 Å². The molecule has 7 heteroatoms. The Hall–Kier alpha value is -1.27. The molecule has 1 fully saturated rings. The lowest BCUT2D eigenvalue weighted by Crippen LogP contribution is -2.44. The van der Waals surface area contributed by atoms with Crippen molar-refractivity contribution in [2.45, 2.75) is 44.4 Å². The van der Waals surface area contributed by atoms with E-state index in [9.17, 15) is 18.0 Å². The molecule has 1 aromatic carbocycles. The fourth-order valence-electron chi connectivity index (χ4n) is 2.77. The Morgan fingerprint density at radius 2 is 2.09 bits per heavy atom. The molecular formula is C16H20ClF3N2O. The first-order chi connectivity index (χ1) is 10.8. The zero-order valence-electron chi connectivity index (χ0n) is 12.9. The molecular weight excluding hydrogens is 329 g/mol.